The third kappa shape index (κ3) is 4.12. The number of aromatic nitrogens is 4. The number of carbonyl (C=O) groups excluding carboxylic acids is 1. The first-order valence-electron chi connectivity index (χ1n) is 8.48. The van der Waals surface area contributed by atoms with Crippen LogP contribution in [0.1, 0.15) is 17.3 Å². The van der Waals surface area contributed by atoms with Gasteiger partial charge in [0.1, 0.15) is 11.3 Å². The van der Waals surface area contributed by atoms with E-state index in [1.165, 1.54) is 16.9 Å². The molecule has 3 aromatic rings. The van der Waals surface area contributed by atoms with Gasteiger partial charge in [-0.2, -0.15) is 14.9 Å². The zero-order valence-corrected chi connectivity index (χ0v) is 15.4. The second-order valence-corrected chi connectivity index (χ2v) is 6.23. The summed E-state index contributed by atoms with van der Waals surface area (Å²) in [5, 5.41) is 11.3. The molecule has 1 N–H and O–H groups in total. The fraction of sp³-hybridized carbons (Fsp3) is 0.263. The maximum Gasteiger partial charge on any atom is 0.284 e. The number of rotatable bonds is 6. The van der Waals surface area contributed by atoms with Crippen LogP contribution >= 0.6 is 0 Å². The van der Waals surface area contributed by atoms with Crippen molar-refractivity contribution >= 4 is 5.91 Å². The molecule has 0 aliphatic heterocycles. The second kappa shape index (κ2) is 7.96. The third-order valence-electron chi connectivity index (χ3n) is 3.96. The van der Waals surface area contributed by atoms with Crippen LogP contribution in [0, 0.1) is 0 Å². The summed E-state index contributed by atoms with van der Waals surface area (Å²) in [4.78, 5) is 25.6. The maximum atomic E-state index is 12.9. The summed E-state index contributed by atoms with van der Waals surface area (Å²) in [5.74, 6) is -0.471. The van der Waals surface area contributed by atoms with Gasteiger partial charge < -0.3 is 10.1 Å². The highest BCUT2D eigenvalue weighted by Crippen LogP contribution is 2.17. The van der Waals surface area contributed by atoms with E-state index >= 15 is 0 Å². The fourth-order valence-corrected chi connectivity index (χ4v) is 2.69. The van der Waals surface area contributed by atoms with Crippen LogP contribution < -0.4 is 10.9 Å². The number of hydrogen-bond donors (Lipinski definition) is 1. The number of nitrogens with zero attached hydrogens (tertiary/aromatic N) is 4. The van der Waals surface area contributed by atoms with Gasteiger partial charge >= 0.3 is 0 Å². The van der Waals surface area contributed by atoms with Gasteiger partial charge in [0.2, 0.25) is 0 Å². The number of aryl methyl sites for hydroxylation is 1. The van der Waals surface area contributed by atoms with Crippen molar-refractivity contribution in [2.24, 2.45) is 7.05 Å². The zero-order chi connectivity index (χ0) is 19.4. The van der Waals surface area contributed by atoms with Crippen molar-refractivity contribution in [2.75, 3.05) is 13.7 Å². The summed E-state index contributed by atoms with van der Waals surface area (Å²) >= 11 is 0. The fourth-order valence-electron chi connectivity index (χ4n) is 2.69. The van der Waals surface area contributed by atoms with Gasteiger partial charge in [0.05, 0.1) is 24.7 Å². The van der Waals surface area contributed by atoms with Crippen molar-refractivity contribution in [3.05, 3.63) is 64.7 Å². The van der Waals surface area contributed by atoms with E-state index in [4.69, 9.17) is 4.74 Å². The second-order valence-electron chi connectivity index (χ2n) is 6.23. The average Bonchev–Trinajstić information content (AvgIpc) is 3.09. The van der Waals surface area contributed by atoms with E-state index in [0.29, 0.717) is 18.0 Å². The summed E-state index contributed by atoms with van der Waals surface area (Å²) in [7, 11) is 3.30. The number of benzene rings is 1. The van der Waals surface area contributed by atoms with Crippen LogP contribution in [-0.2, 0) is 11.8 Å². The number of nitrogens with one attached hydrogen (secondary N) is 1. The number of methoxy groups -OCH3 is 1. The van der Waals surface area contributed by atoms with Crippen molar-refractivity contribution < 1.29 is 9.53 Å². The Hall–Kier alpha value is -3.26. The highest BCUT2D eigenvalue weighted by Gasteiger charge is 2.19. The minimum Gasteiger partial charge on any atom is -0.383 e. The van der Waals surface area contributed by atoms with Gasteiger partial charge in [0.25, 0.3) is 11.5 Å². The molecule has 140 valence electrons. The molecule has 8 heteroatoms. The molecule has 8 nitrogen and oxygen atoms in total. The lowest BCUT2D eigenvalue weighted by atomic mass is 10.1. The Kier molecular flexibility index (Phi) is 5.46. The quantitative estimate of drug-likeness (QED) is 0.711. The summed E-state index contributed by atoms with van der Waals surface area (Å²) in [6.45, 7) is 2.15. The molecule has 1 amide bonds. The number of carbonyl (C=O) groups is 1. The van der Waals surface area contributed by atoms with Gasteiger partial charge in [-0.1, -0.05) is 30.3 Å². The number of amides is 1. The molecule has 2 heterocycles. The van der Waals surface area contributed by atoms with E-state index in [1.54, 1.807) is 32.0 Å². The normalized spacial score (nSPS) is 12.0. The van der Waals surface area contributed by atoms with Crippen LogP contribution in [-0.4, -0.2) is 45.2 Å². The molecule has 27 heavy (non-hydrogen) atoms. The molecule has 0 bridgehead atoms. The Morgan fingerprint density at radius 2 is 2.04 bits per heavy atom. The molecule has 0 saturated carbocycles. The van der Waals surface area contributed by atoms with Gasteiger partial charge in [0.15, 0.2) is 0 Å². The smallest absolute Gasteiger partial charge is 0.284 e. The molecule has 1 aromatic carbocycles. The third-order valence-corrected chi connectivity index (χ3v) is 3.96. The Morgan fingerprint density at radius 3 is 2.67 bits per heavy atom. The SMILES string of the molecule is COC[C@H](C)NC(=O)c1cc(-c2ccccc2)nn(-c2cnn(C)c2)c1=O. The Bertz CT molecular complexity index is 994. The van der Waals surface area contributed by atoms with Gasteiger partial charge in [0, 0.05) is 25.8 Å². The average molecular weight is 367 g/mol. The predicted molar refractivity (Wildman–Crippen MR) is 101 cm³/mol. The molecule has 3 rings (SSSR count). The van der Waals surface area contributed by atoms with E-state index in [-0.39, 0.29) is 11.6 Å². The topological polar surface area (TPSA) is 91.0 Å². The van der Waals surface area contributed by atoms with E-state index < -0.39 is 11.5 Å². The predicted octanol–water partition coefficient (Wildman–Crippen LogP) is 1.40. The van der Waals surface area contributed by atoms with Crippen molar-refractivity contribution in [2.45, 2.75) is 13.0 Å². The van der Waals surface area contributed by atoms with Crippen molar-refractivity contribution in [1.29, 1.82) is 0 Å². The molecule has 0 saturated heterocycles. The number of ether oxygens (including phenoxy) is 1. The highest BCUT2D eigenvalue weighted by molar-refractivity contribution is 5.95. The summed E-state index contributed by atoms with van der Waals surface area (Å²) in [5.41, 5.74) is 1.30. The van der Waals surface area contributed by atoms with E-state index in [2.05, 4.69) is 15.5 Å². The highest BCUT2D eigenvalue weighted by atomic mass is 16.5. The molecule has 0 fully saturated rings. The van der Waals surface area contributed by atoms with Gasteiger partial charge in [-0.3, -0.25) is 14.3 Å². The Balaban J connectivity index is 2.11. The van der Waals surface area contributed by atoms with E-state index in [1.807, 2.05) is 30.3 Å². The van der Waals surface area contributed by atoms with E-state index in [0.717, 1.165) is 5.56 Å². The van der Waals surface area contributed by atoms with Crippen molar-refractivity contribution in [3.63, 3.8) is 0 Å². The minimum absolute atomic E-state index is 0.00987. The van der Waals surface area contributed by atoms with Crippen molar-refractivity contribution in [1.82, 2.24) is 24.9 Å². The molecule has 0 spiro atoms. The molecular weight excluding hydrogens is 346 g/mol. The molecule has 1 atom stereocenters. The van der Waals surface area contributed by atoms with Gasteiger partial charge in [-0.05, 0) is 13.0 Å². The zero-order valence-electron chi connectivity index (χ0n) is 15.4. The maximum absolute atomic E-state index is 12.9. The first-order chi connectivity index (χ1) is 13.0. The van der Waals surface area contributed by atoms with Gasteiger partial charge in [-0.25, -0.2) is 0 Å². The lowest BCUT2D eigenvalue weighted by Crippen LogP contribution is -2.39. The minimum atomic E-state index is -0.509. The summed E-state index contributed by atoms with van der Waals surface area (Å²) < 4.78 is 7.81. The van der Waals surface area contributed by atoms with Crippen LogP contribution in [0.5, 0.6) is 0 Å². The van der Waals surface area contributed by atoms with Crippen LogP contribution in [0.25, 0.3) is 16.9 Å². The van der Waals surface area contributed by atoms with Crippen LogP contribution in [0.3, 0.4) is 0 Å². The van der Waals surface area contributed by atoms with Crippen LogP contribution in [0.15, 0.2) is 53.6 Å². The molecule has 0 radical (unpaired) electrons. The first-order valence-corrected chi connectivity index (χ1v) is 8.48. The van der Waals surface area contributed by atoms with E-state index in [9.17, 15) is 9.59 Å². The van der Waals surface area contributed by atoms with Crippen LogP contribution in [0.2, 0.25) is 0 Å². The lowest BCUT2D eigenvalue weighted by Gasteiger charge is -2.14. The Labute approximate surface area is 156 Å². The molecule has 2 aromatic heterocycles. The molecule has 0 aliphatic carbocycles. The largest absolute Gasteiger partial charge is 0.383 e. The number of hydrogen-bond acceptors (Lipinski definition) is 5. The van der Waals surface area contributed by atoms with Crippen molar-refractivity contribution in [3.8, 4) is 16.9 Å². The monoisotopic (exact) mass is 367 g/mol. The molecular formula is C19H21N5O3. The molecule has 0 aliphatic rings. The van der Waals surface area contributed by atoms with Crippen LogP contribution in [0.4, 0.5) is 0 Å². The molecule has 0 unspecified atom stereocenters. The first kappa shape index (κ1) is 18.5. The Morgan fingerprint density at radius 1 is 1.30 bits per heavy atom. The standard InChI is InChI=1S/C19H21N5O3/c1-13(12-27-3)21-18(25)16-9-17(14-7-5-4-6-8-14)22-24(19(16)26)15-10-20-23(2)11-15/h4-11,13H,12H2,1-3H3,(H,21,25)/t13-/m0/s1. The summed E-state index contributed by atoms with van der Waals surface area (Å²) in [6, 6.07) is 10.7. The lowest BCUT2D eigenvalue weighted by molar-refractivity contribution is 0.0903. The summed E-state index contributed by atoms with van der Waals surface area (Å²) in [6.07, 6.45) is 3.19. The van der Waals surface area contributed by atoms with Gasteiger partial charge in [-0.15, -0.1) is 0 Å².